The second kappa shape index (κ2) is 8.96. The van der Waals surface area contributed by atoms with E-state index in [2.05, 4.69) is 15.5 Å². The van der Waals surface area contributed by atoms with Crippen molar-refractivity contribution in [2.45, 2.75) is 0 Å². The van der Waals surface area contributed by atoms with Crippen LogP contribution in [-0.4, -0.2) is 34.2 Å². The molecule has 1 heterocycles. The molecule has 0 aliphatic carbocycles. The van der Waals surface area contributed by atoms with Gasteiger partial charge in [-0.3, -0.25) is 30.3 Å². The first-order chi connectivity index (χ1) is 14.4. The van der Waals surface area contributed by atoms with E-state index in [0.29, 0.717) is 11.1 Å². The fourth-order valence-corrected chi connectivity index (χ4v) is 3.24. The predicted octanol–water partition coefficient (Wildman–Crippen LogP) is 3.11. The summed E-state index contributed by atoms with van der Waals surface area (Å²) in [5.74, 6) is -0.386. The number of amidine groups is 1. The van der Waals surface area contributed by atoms with Crippen LogP contribution in [0.5, 0.6) is 5.75 Å². The Labute approximate surface area is 173 Å². The number of thioether (sulfide) groups is 1. The molecule has 1 amide bonds. The van der Waals surface area contributed by atoms with Gasteiger partial charge in [0.05, 0.1) is 28.1 Å². The minimum atomic E-state index is -0.567. The Balaban J connectivity index is 1.77. The van der Waals surface area contributed by atoms with Crippen molar-refractivity contribution in [1.82, 2.24) is 5.32 Å². The van der Waals surface area contributed by atoms with Crippen molar-refractivity contribution < 1.29 is 19.4 Å². The number of nitro groups is 2. The molecule has 1 N–H and O–H groups in total. The molecule has 2 aromatic carbocycles. The molecule has 30 heavy (non-hydrogen) atoms. The summed E-state index contributed by atoms with van der Waals surface area (Å²) in [7, 11) is 1.31. The van der Waals surface area contributed by atoms with Gasteiger partial charge in [0.25, 0.3) is 11.6 Å². The van der Waals surface area contributed by atoms with Crippen LogP contribution in [0.4, 0.5) is 11.4 Å². The SMILES string of the molecule is COc1c(/C=C2\S/C(=N/N=C/c3ccc([N+](=O)[O-])cc3)NC2=O)cccc1[N+](=O)[O-]. The molecule has 1 saturated heterocycles. The highest BCUT2D eigenvalue weighted by Gasteiger charge is 2.25. The summed E-state index contributed by atoms with van der Waals surface area (Å²) in [6.45, 7) is 0. The molecule has 0 radical (unpaired) electrons. The third-order valence-electron chi connectivity index (χ3n) is 3.82. The van der Waals surface area contributed by atoms with Crippen molar-refractivity contribution >= 4 is 46.5 Å². The van der Waals surface area contributed by atoms with E-state index in [9.17, 15) is 25.0 Å². The molecule has 1 fully saturated rings. The largest absolute Gasteiger partial charge is 0.490 e. The second-order valence-corrected chi connectivity index (χ2v) is 6.75. The van der Waals surface area contributed by atoms with Crippen molar-refractivity contribution in [2.75, 3.05) is 7.11 Å². The van der Waals surface area contributed by atoms with Crippen molar-refractivity contribution in [3.05, 3.63) is 78.7 Å². The molecule has 0 atom stereocenters. The summed E-state index contributed by atoms with van der Waals surface area (Å²) in [5.41, 5.74) is 0.719. The number of amides is 1. The highest BCUT2D eigenvalue weighted by molar-refractivity contribution is 8.18. The topological polar surface area (TPSA) is 149 Å². The van der Waals surface area contributed by atoms with Gasteiger partial charge in [-0.1, -0.05) is 12.1 Å². The molecular weight excluding hydrogens is 414 g/mol. The molecule has 2 aromatic rings. The van der Waals surface area contributed by atoms with Gasteiger partial charge in [-0.05, 0) is 35.5 Å². The fraction of sp³-hybridized carbons (Fsp3) is 0.0556. The third-order valence-corrected chi connectivity index (χ3v) is 4.72. The zero-order valence-corrected chi connectivity index (χ0v) is 16.2. The standard InChI is InChI=1S/C18H13N5O6S/c1-29-16-12(3-2-4-14(16)23(27)28)9-15-17(24)20-18(30-15)21-19-10-11-5-7-13(8-6-11)22(25)26/h2-10H,1H3,(H,20,21,24)/b15-9-,19-10+. The summed E-state index contributed by atoms with van der Waals surface area (Å²) in [4.78, 5) is 33.1. The van der Waals surface area contributed by atoms with E-state index in [1.54, 1.807) is 6.07 Å². The average molecular weight is 427 g/mol. The molecular formula is C18H13N5O6S. The van der Waals surface area contributed by atoms with Crippen molar-refractivity contribution in [3.8, 4) is 5.75 Å². The van der Waals surface area contributed by atoms with E-state index in [1.165, 1.54) is 55.8 Å². The van der Waals surface area contributed by atoms with Crippen LogP contribution in [0.15, 0.2) is 57.6 Å². The Morgan fingerprint density at radius 1 is 1.10 bits per heavy atom. The summed E-state index contributed by atoms with van der Waals surface area (Å²) >= 11 is 1.01. The number of rotatable bonds is 6. The molecule has 0 unspecified atom stereocenters. The fourth-order valence-electron chi connectivity index (χ4n) is 2.47. The molecule has 1 aliphatic rings. The number of benzene rings is 2. The first kappa shape index (κ1) is 20.7. The van der Waals surface area contributed by atoms with Gasteiger partial charge >= 0.3 is 5.69 Å². The zero-order chi connectivity index (χ0) is 21.7. The van der Waals surface area contributed by atoms with Gasteiger partial charge in [0.2, 0.25) is 5.75 Å². The maximum Gasteiger partial charge on any atom is 0.311 e. The number of para-hydroxylation sites is 1. The van der Waals surface area contributed by atoms with E-state index >= 15 is 0 Å². The molecule has 0 saturated carbocycles. The number of hydrogen-bond donors (Lipinski definition) is 1. The summed E-state index contributed by atoms with van der Waals surface area (Å²) in [5, 5.41) is 32.3. The van der Waals surface area contributed by atoms with Crippen molar-refractivity contribution in [1.29, 1.82) is 0 Å². The maximum atomic E-state index is 12.2. The third kappa shape index (κ3) is 4.67. The number of hydrogen-bond acceptors (Lipinski definition) is 9. The number of carbonyl (C=O) groups is 1. The first-order valence-electron chi connectivity index (χ1n) is 8.27. The highest BCUT2D eigenvalue weighted by Crippen LogP contribution is 2.34. The molecule has 12 heteroatoms. The number of carbonyl (C=O) groups excluding carboxylic acids is 1. The lowest BCUT2D eigenvalue weighted by Crippen LogP contribution is -2.19. The van der Waals surface area contributed by atoms with Crippen LogP contribution in [0.25, 0.3) is 6.08 Å². The Bertz CT molecular complexity index is 1110. The summed E-state index contributed by atoms with van der Waals surface area (Å²) in [6.07, 6.45) is 2.85. The van der Waals surface area contributed by atoms with Gasteiger partial charge in [0.1, 0.15) is 0 Å². The van der Waals surface area contributed by atoms with Gasteiger partial charge in [-0.25, -0.2) is 0 Å². The van der Waals surface area contributed by atoms with E-state index in [1.807, 2.05) is 0 Å². The quantitative estimate of drug-likeness (QED) is 0.322. The van der Waals surface area contributed by atoms with Crippen molar-refractivity contribution in [2.24, 2.45) is 10.2 Å². The van der Waals surface area contributed by atoms with E-state index in [-0.39, 0.29) is 27.2 Å². The van der Waals surface area contributed by atoms with Crippen molar-refractivity contribution in [3.63, 3.8) is 0 Å². The predicted molar refractivity (Wildman–Crippen MR) is 111 cm³/mol. The van der Waals surface area contributed by atoms with E-state index in [0.717, 1.165) is 11.8 Å². The molecule has 0 spiro atoms. The Kier molecular flexibility index (Phi) is 6.17. The number of nitro benzene ring substituents is 2. The molecule has 0 aromatic heterocycles. The average Bonchev–Trinajstić information content (AvgIpc) is 3.07. The molecule has 1 aliphatic heterocycles. The van der Waals surface area contributed by atoms with Gasteiger partial charge < -0.3 is 4.74 Å². The zero-order valence-electron chi connectivity index (χ0n) is 15.3. The minimum absolute atomic E-state index is 0.0385. The van der Waals surface area contributed by atoms with Crippen LogP contribution in [-0.2, 0) is 4.79 Å². The van der Waals surface area contributed by atoms with E-state index < -0.39 is 15.8 Å². The Hall–Kier alpha value is -4.06. The van der Waals surface area contributed by atoms with E-state index in [4.69, 9.17) is 4.74 Å². The van der Waals surface area contributed by atoms with Gasteiger partial charge in [-0.15, -0.1) is 5.10 Å². The number of nitrogens with zero attached hydrogens (tertiary/aromatic N) is 4. The molecule has 11 nitrogen and oxygen atoms in total. The second-order valence-electron chi connectivity index (χ2n) is 5.72. The number of nitrogens with one attached hydrogen (secondary N) is 1. The van der Waals surface area contributed by atoms with Gasteiger partial charge in [0.15, 0.2) is 5.17 Å². The minimum Gasteiger partial charge on any atom is -0.490 e. The van der Waals surface area contributed by atoms with Crippen LogP contribution >= 0.6 is 11.8 Å². The lowest BCUT2D eigenvalue weighted by Gasteiger charge is -2.05. The van der Waals surface area contributed by atoms with Crippen LogP contribution in [0.1, 0.15) is 11.1 Å². The number of methoxy groups -OCH3 is 1. The van der Waals surface area contributed by atoms with Crippen LogP contribution < -0.4 is 10.1 Å². The van der Waals surface area contributed by atoms with Crippen LogP contribution in [0, 0.1) is 20.2 Å². The van der Waals surface area contributed by atoms with Gasteiger partial charge in [0, 0.05) is 23.8 Å². The Morgan fingerprint density at radius 3 is 2.47 bits per heavy atom. The molecule has 0 bridgehead atoms. The monoisotopic (exact) mass is 427 g/mol. The maximum absolute atomic E-state index is 12.2. The smallest absolute Gasteiger partial charge is 0.311 e. The normalized spacial score (nSPS) is 16.2. The lowest BCUT2D eigenvalue weighted by molar-refractivity contribution is -0.385. The number of ether oxygens (including phenoxy) is 1. The first-order valence-corrected chi connectivity index (χ1v) is 9.08. The van der Waals surface area contributed by atoms with Crippen LogP contribution in [0.2, 0.25) is 0 Å². The highest BCUT2D eigenvalue weighted by atomic mass is 32.2. The lowest BCUT2D eigenvalue weighted by atomic mass is 10.1. The summed E-state index contributed by atoms with van der Waals surface area (Å²) in [6, 6.07) is 10.1. The summed E-state index contributed by atoms with van der Waals surface area (Å²) < 4.78 is 5.12. The Morgan fingerprint density at radius 2 is 1.83 bits per heavy atom. The molecule has 3 rings (SSSR count). The van der Waals surface area contributed by atoms with Gasteiger partial charge in [-0.2, -0.15) is 5.10 Å². The van der Waals surface area contributed by atoms with Crippen LogP contribution in [0.3, 0.4) is 0 Å². The molecule has 152 valence electrons. The number of non-ortho nitro benzene ring substituents is 1.